The van der Waals surface area contributed by atoms with E-state index in [0.29, 0.717) is 41.2 Å². The smallest absolute Gasteiger partial charge is 0.174 e. The van der Waals surface area contributed by atoms with E-state index in [-0.39, 0.29) is 0 Å². The Morgan fingerprint density at radius 1 is 0.879 bits per heavy atom. The van der Waals surface area contributed by atoms with Gasteiger partial charge >= 0.3 is 0 Å². The summed E-state index contributed by atoms with van der Waals surface area (Å²) >= 11 is 5.84. The van der Waals surface area contributed by atoms with Crippen LogP contribution >= 0.6 is 12.2 Å². The third-order valence-electron chi connectivity index (χ3n) is 5.13. The van der Waals surface area contributed by atoms with Crippen molar-refractivity contribution in [3.63, 3.8) is 0 Å². The van der Waals surface area contributed by atoms with Gasteiger partial charge in [-0.2, -0.15) is 0 Å². The van der Waals surface area contributed by atoms with Crippen molar-refractivity contribution in [3.8, 4) is 23.0 Å². The molecule has 3 aromatic rings. The van der Waals surface area contributed by atoms with Gasteiger partial charge in [-0.05, 0) is 54.5 Å². The molecule has 1 heterocycles. The van der Waals surface area contributed by atoms with Gasteiger partial charge in [0.05, 0.1) is 34.1 Å². The van der Waals surface area contributed by atoms with Crippen molar-refractivity contribution in [2.24, 2.45) is 0 Å². The van der Waals surface area contributed by atoms with Gasteiger partial charge in [0.15, 0.2) is 16.6 Å². The summed E-state index contributed by atoms with van der Waals surface area (Å²) < 4.78 is 22.1. The molecule has 1 N–H and O–H groups in total. The zero-order chi connectivity index (χ0) is 23.8. The number of anilines is 1. The number of hydrogen-bond donors (Lipinski definition) is 1. The van der Waals surface area contributed by atoms with Gasteiger partial charge in [-0.3, -0.25) is 4.98 Å². The second-order valence-electron chi connectivity index (χ2n) is 7.37. The van der Waals surface area contributed by atoms with Gasteiger partial charge in [-0.15, -0.1) is 0 Å². The average molecular weight is 468 g/mol. The molecule has 0 unspecified atom stereocenters. The minimum Gasteiger partial charge on any atom is -0.496 e. The number of nitrogens with one attached hydrogen (secondary N) is 1. The molecule has 0 fully saturated rings. The number of aryl methyl sites for hydroxylation is 1. The molecule has 174 valence electrons. The number of hydrogen-bond acceptors (Lipinski definition) is 6. The normalized spacial score (nSPS) is 10.3. The SMILES string of the molecule is COc1cc(OC)c(OC)cc1CN(Cc1cccnc1)C(=S)Nc1cc(C)ccc1OC. The summed E-state index contributed by atoms with van der Waals surface area (Å²) in [5.74, 6) is 2.61. The lowest BCUT2D eigenvalue weighted by Gasteiger charge is -2.27. The first-order valence-corrected chi connectivity index (χ1v) is 10.8. The summed E-state index contributed by atoms with van der Waals surface area (Å²) in [6, 6.07) is 13.6. The average Bonchev–Trinajstić information content (AvgIpc) is 2.84. The highest BCUT2D eigenvalue weighted by Crippen LogP contribution is 2.35. The standard InChI is InChI=1S/C25H29N3O4S/c1-17-8-9-21(29-2)20(11-17)27-25(33)28(15-18-7-6-10-26-14-18)16-19-12-23(31-4)24(32-5)13-22(19)30-3/h6-14H,15-16H2,1-5H3,(H,27,33). The maximum absolute atomic E-state index is 5.84. The van der Waals surface area contributed by atoms with Gasteiger partial charge in [0.2, 0.25) is 0 Å². The molecule has 33 heavy (non-hydrogen) atoms. The number of aromatic nitrogens is 1. The van der Waals surface area contributed by atoms with Crippen LogP contribution in [-0.4, -0.2) is 43.4 Å². The molecule has 0 saturated heterocycles. The third-order valence-corrected chi connectivity index (χ3v) is 5.49. The van der Waals surface area contributed by atoms with Crippen molar-refractivity contribution in [2.45, 2.75) is 20.0 Å². The molecule has 0 aliphatic rings. The summed E-state index contributed by atoms with van der Waals surface area (Å²) in [7, 11) is 6.48. The fourth-order valence-corrected chi connectivity index (χ4v) is 3.69. The minimum absolute atomic E-state index is 0.471. The molecule has 0 spiro atoms. The van der Waals surface area contributed by atoms with E-state index in [1.165, 1.54) is 0 Å². The van der Waals surface area contributed by atoms with Crippen LogP contribution in [0.3, 0.4) is 0 Å². The highest BCUT2D eigenvalue weighted by molar-refractivity contribution is 7.80. The minimum atomic E-state index is 0.471. The second-order valence-corrected chi connectivity index (χ2v) is 7.76. The molecule has 0 radical (unpaired) electrons. The van der Waals surface area contributed by atoms with Crippen molar-refractivity contribution in [1.29, 1.82) is 0 Å². The second kappa shape index (κ2) is 11.4. The molecule has 0 bridgehead atoms. The van der Waals surface area contributed by atoms with Crippen molar-refractivity contribution in [1.82, 2.24) is 9.88 Å². The lowest BCUT2D eigenvalue weighted by Crippen LogP contribution is -2.34. The molecular weight excluding hydrogens is 438 g/mol. The zero-order valence-corrected chi connectivity index (χ0v) is 20.4. The molecule has 0 aliphatic carbocycles. The predicted molar refractivity (Wildman–Crippen MR) is 134 cm³/mol. The lowest BCUT2D eigenvalue weighted by atomic mass is 10.1. The zero-order valence-electron chi connectivity index (χ0n) is 19.5. The Kier molecular flexibility index (Phi) is 8.32. The van der Waals surface area contributed by atoms with Gasteiger partial charge in [-0.25, -0.2) is 0 Å². The first-order valence-electron chi connectivity index (χ1n) is 10.4. The van der Waals surface area contributed by atoms with Gasteiger partial charge in [-0.1, -0.05) is 12.1 Å². The van der Waals surface area contributed by atoms with E-state index in [2.05, 4.69) is 10.3 Å². The van der Waals surface area contributed by atoms with E-state index in [1.807, 2.05) is 60.5 Å². The largest absolute Gasteiger partial charge is 0.496 e. The molecule has 0 aliphatic heterocycles. The number of benzene rings is 2. The Morgan fingerprint density at radius 3 is 2.21 bits per heavy atom. The van der Waals surface area contributed by atoms with E-state index in [0.717, 1.165) is 22.4 Å². The third kappa shape index (κ3) is 6.04. The summed E-state index contributed by atoms with van der Waals surface area (Å²) in [4.78, 5) is 6.28. The van der Waals surface area contributed by atoms with Crippen LogP contribution in [0, 0.1) is 6.92 Å². The van der Waals surface area contributed by atoms with Crippen LogP contribution in [0.4, 0.5) is 5.69 Å². The molecule has 0 saturated carbocycles. The Hall–Kier alpha value is -3.52. The summed E-state index contributed by atoms with van der Waals surface area (Å²) in [6.45, 7) is 3.04. The van der Waals surface area contributed by atoms with Crippen molar-refractivity contribution < 1.29 is 18.9 Å². The van der Waals surface area contributed by atoms with Crippen LogP contribution in [0.2, 0.25) is 0 Å². The molecule has 0 atom stereocenters. The Balaban J connectivity index is 1.95. The highest BCUT2D eigenvalue weighted by atomic mass is 32.1. The van der Waals surface area contributed by atoms with E-state index in [1.54, 1.807) is 34.6 Å². The summed E-state index contributed by atoms with van der Waals surface area (Å²) in [5, 5.41) is 3.89. The van der Waals surface area contributed by atoms with E-state index in [9.17, 15) is 0 Å². The molecular formula is C25H29N3O4S. The highest BCUT2D eigenvalue weighted by Gasteiger charge is 2.18. The number of methoxy groups -OCH3 is 4. The van der Waals surface area contributed by atoms with Crippen LogP contribution in [0.15, 0.2) is 54.9 Å². The quantitative estimate of drug-likeness (QED) is 0.449. The van der Waals surface area contributed by atoms with Gasteiger partial charge < -0.3 is 29.2 Å². The van der Waals surface area contributed by atoms with E-state index < -0.39 is 0 Å². The van der Waals surface area contributed by atoms with Crippen molar-refractivity contribution in [2.75, 3.05) is 33.8 Å². The maximum Gasteiger partial charge on any atom is 0.174 e. The monoisotopic (exact) mass is 467 g/mol. The van der Waals surface area contributed by atoms with Gasteiger partial charge in [0.1, 0.15) is 11.5 Å². The molecule has 7 nitrogen and oxygen atoms in total. The van der Waals surface area contributed by atoms with Gasteiger partial charge in [0.25, 0.3) is 0 Å². The van der Waals surface area contributed by atoms with Crippen LogP contribution in [0.25, 0.3) is 0 Å². The number of pyridine rings is 1. The fraction of sp³-hybridized carbons (Fsp3) is 0.280. The lowest BCUT2D eigenvalue weighted by molar-refractivity contribution is 0.341. The molecule has 8 heteroatoms. The summed E-state index contributed by atoms with van der Waals surface area (Å²) in [6.07, 6.45) is 3.58. The summed E-state index contributed by atoms with van der Waals surface area (Å²) in [5.41, 5.74) is 3.83. The Labute approximate surface area is 200 Å². The first-order chi connectivity index (χ1) is 16.0. The molecule has 2 aromatic carbocycles. The van der Waals surface area contributed by atoms with E-state index in [4.69, 9.17) is 31.2 Å². The van der Waals surface area contributed by atoms with Crippen LogP contribution in [0.5, 0.6) is 23.0 Å². The molecule has 0 amide bonds. The van der Waals surface area contributed by atoms with Gasteiger partial charge in [0, 0.05) is 37.1 Å². The number of rotatable bonds is 9. The molecule has 3 rings (SSSR count). The number of nitrogens with zero attached hydrogens (tertiary/aromatic N) is 2. The maximum atomic E-state index is 5.84. The topological polar surface area (TPSA) is 65.1 Å². The first kappa shape index (κ1) is 24.1. The Morgan fingerprint density at radius 2 is 1.58 bits per heavy atom. The van der Waals surface area contributed by atoms with Crippen LogP contribution < -0.4 is 24.3 Å². The predicted octanol–water partition coefficient (Wildman–Crippen LogP) is 4.82. The fourth-order valence-electron chi connectivity index (χ4n) is 3.45. The number of ether oxygens (including phenoxy) is 4. The Bertz CT molecular complexity index is 1090. The van der Waals surface area contributed by atoms with Crippen LogP contribution in [0.1, 0.15) is 16.7 Å². The van der Waals surface area contributed by atoms with E-state index >= 15 is 0 Å². The van der Waals surface area contributed by atoms with Crippen LogP contribution in [-0.2, 0) is 13.1 Å². The van der Waals surface area contributed by atoms with Crippen molar-refractivity contribution in [3.05, 3.63) is 71.5 Å². The number of thiocarbonyl (C=S) groups is 1. The molecule has 1 aromatic heterocycles. The van der Waals surface area contributed by atoms with Crippen molar-refractivity contribution >= 4 is 23.0 Å².